The predicted octanol–water partition coefficient (Wildman–Crippen LogP) is 3.14. The first-order valence-corrected chi connectivity index (χ1v) is 5.96. The lowest BCUT2D eigenvalue weighted by atomic mass is 9.89. The first kappa shape index (κ1) is 9.00. The Kier molecular flexibility index (Phi) is 3.19. The molecular formula is C10H16N2S. The molecule has 1 N–H and O–H groups in total. The van der Waals surface area contributed by atoms with E-state index in [1.54, 1.807) is 11.3 Å². The van der Waals surface area contributed by atoms with Crippen molar-refractivity contribution in [1.29, 1.82) is 0 Å². The molecule has 1 aliphatic rings. The van der Waals surface area contributed by atoms with Gasteiger partial charge in [0, 0.05) is 18.1 Å². The lowest BCUT2D eigenvalue weighted by Gasteiger charge is -2.21. The van der Waals surface area contributed by atoms with Gasteiger partial charge < -0.3 is 5.32 Å². The van der Waals surface area contributed by atoms with Gasteiger partial charge in [-0.15, -0.1) is 11.3 Å². The molecule has 0 radical (unpaired) electrons. The average Bonchev–Trinajstić information content (AvgIpc) is 2.69. The molecule has 1 heterocycles. The van der Waals surface area contributed by atoms with Crippen molar-refractivity contribution >= 4 is 16.5 Å². The van der Waals surface area contributed by atoms with E-state index in [4.69, 9.17) is 0 Å². The highest BCUT2D eigenvalue weighted by molar-refractivity contribution is 7.13. The Labute approximate surface area is 83.4 Å². The van der Waals surface area contributed by atoms with Gasteiger partial charge in [-0.1, -0.05) is 19.3 Å². The highest BCUT2D eigenvalue weighted by atomic mass is 32.1. The van der Waals surface area contributed by atoms with Crippen molar-refractivity contribution in [2.75, 3.05) is 11.9 Å². The molecule has 1 saturated carbocycles. The molecule has 72 valence electrons. The van der Waals surface area contributed by atoms with E-state index in [0.717, 1.165) is 17.6 Å². The van der Waals surface area contributed by atoms with Gasteiger partial charge in [0.2, 0.25) is 0 Å². The molecule has 0 spiro atoms. The maximum absolute atomic E-state index is 4.21. The first-order chi connectivity index (χ1) is 6.45. The average molecular weight is 196 g/mol. The fourth-order valence-electron chi connectivity index (χ4n) is 1.93. The third kappa shape index (κ3) is 2.69. The molecule has 0 aliphatic heterocycles. The van der Waals surface area contributed by atoms with Crippen molar-refractivity contribution in [1.82, 2.24) is 4.98 Å². The van der Waals surface area contributed by atoms with Gasteiger partial charge >= 0.3 is 0 Å². The zero-order chi connectivity index (χ0) is 8.93. The molecule has 0 saturated heterocycles. The molecule has 0 amide bonds. The summed E-state index contributed by atoms with van der Waals surface area (Å²) >= 11 is 1.69. The van der Waals surface area contributed by atoms with E-state index in [9.17, 15) is 0 Å². The Bertz CT molecular complexity index is 227. The van der Waals surface area contributed by atoms with E-state index >= 15 is 0 Å². The topological polar surface area (TPSA) is 24.9 Å². The molecule has 1 aliphatic carbocycles. The number of nitrogens with one attached hydrogen (secondary N) is 1. The van der Waals surface area contributed by atoms with Crippen LogP contribution in [-0.2, 0) is 0 Å². The van der Waals surface area contributed by atoms with E-state index in [2.05, 4.69) is 10.3 Å². The maximum atomic E-state index is 4.21. The second-order valence-electron chi connectivity index (χ2n) is 3.72. The van der Waals surface area contributed by atoms with Crippen LogP contribution in [0.5, 0.6) is 0 Å². The summed E-state index contributed by atoms with van der Waals surface area (Å²) < 4.78 is 0. The molecule has 0 atom stereocenters. The van der Waals surface area contributed by atoms with Crippen LogP contribution in [0.25, 0.3) is 0 Å². The number of aromatic nitrogens is 1. The summed E-state index contributed by atoms with van der Waals surface area (Å²) in [5.41, 5.74) is 0. The fourth-order valence-corrected chi connectivity index (χ4v) is 2.47. The number of anilines is 1. The predicted molar refractivity (Wildman–Crippen MR) is 57.2 cm³/mol. The van der Waals surface area contributed by atoms with Gasteiger partial charge in [0.05, 0.1) is 0 Å². The van der Waals surface area contributed by atoms with Crippen molar-refractivity contribution in [3.8, 4) is 0 Å². The van der Waals surface area contributed by atoms with E-state index in [1.165, 1.54) is 32.1 Å². The van der Waals surface area contributed by atoms with Crippen molar-refractivity contribution in [3.63, 3.8) is 0 Å². The number of hydrogen-bond acceptors (Lipinski definition) is 3. The molecule has 13 heavy (non-hydrogen) atoms. The number of thiazole rings is 1. The maximum Gasteiger partial charge on any atom is 0.182 e. The minimum atomic E-state index is 0.887. The molecule has 0 bridgehead atoms. The number of nitrogens with zero attached hydrogens (tertiary/aromatic N) is 1. The number of hydrogen-bond donors (Lipinski definition) is 1. The second-order valence-corrected chi connectivity index (χ2v) is 4.62. The Hall–Kier alpha value is -0.570. The highest BCUT2D eigenvalue weighted by Gasteiger charge is 2.12. The molecule has 0 aromatic carbocycles. The first-order valence-electron chi connectivity index (χ1n) is 5.08. The monoisotopic (exact) mass is 196 g/mol. The Morgan fingerprint density at radius 1 is 1.38 bits per heavy atom. The molecule has 1 aromatic heterocycles. The Morgan fingerprint density at radius 2 is 2.23 bits per heavy atom. The van der Waals surface area contributed by atoms with Gasteiger partial charge in [-0.2, -0.15) is 0 Å². The highest BCUT2D eigenvalue weighted by Crippen LogP contribution is 2.24. The van der Waals surface area contributed by atoms with Crippen LogP contribution in [-0.4, -0.2) is 11.5 Å². The van der Waals surface area contributed by atoms with Gasteiger partial charge in [-0.05, 0) is 18.8 Å². The van der Waals surface area contributed by atoms with Crippen LogP contribution in [0, 0.1) is 5.92 Å². The standard InChI is InChI=1S/C10H16N2S/c1-2-4-9(5-3-1)8-12-10-11-6-7-13-10/h6-7,9H,1-5,8H2,(H,11,12). The van der Waals surface area contributed by atoms with Crippen molar-refractivity contribution < 1.29 is 0 Å². The van der Waals surface area contributed by atoms with Gasteiger partial charge in [0.25, 0.3) is 0 Å². The van der Waals surface area contributed by atoms with E-state index < -0.39 is 0 Å². The van der Waals surface area contributed by atoms with Crippen LogP contribution < -0.4 is 5.32 Å². The molecule has 2 nitrogen and oxygen atoms in total. The van der Waals surface area contributed by atoms with Crippen LogP contribution in [0.2, 0.25) is 0 Å². The van der Waals surface area contributed by atoms with Crippen LogP contribution >= 0.6 is 11.3 Å². The zero-order valence-corrected chi connectivity index (χ0v) is 8.65. The minimum absolute atomic E-state index is 0.887. The molecule has 1 aromatic rings. The normalized spacial score (nSPS) is 18.8. The van der Waals surface area contributed by atoms with Gasteiger partial charge in [-0.3, -0.25) is 0 Å². The summed E-state index contributed by atoms with van der Waals surface area (Å²) in [5.74, 6) is 0.887. The molecule has 2 rings (SSSR count). The Balaban J connectivity index is 1.72. The summed E-state index contributed by atoms with van der Waals surface area (Å²) in [6, 6.07) is 0. The second kappa shape index (κ2) is 4.61. The van der Waals surface area contributed by atoms with E-state index in [1.807, 2.05) is 11.6 Å². The molecule has 3 heteroatoms. The van der Waals surface area contributed by atoms with Crippen LogP contribution in [0.3, 0.4) is 0 Å². The van der Waals surface area contributed by atoms with Crippen molar-refractivity contribution in [3.05, 3.63) is 11.6 Å². The lowest BCUT2D eigenvalue weighted by molar-refractivity contribution is 0.373. The van der Waals surface area contributed by atoms with Gasteiger partial charge in [0.15, 0.2) is 5.13 Å². The van der Waals surface area contributed by atoms with Crippen molar-refractivity contribution in [2.45, 2.75) is 32.1 Å². The zero-order valence-electron chi connectivity index (χ0n) is 7.83. The van der Waals surface area contributed by atoms with Crippen molar-refractivity contribution in [2.24, 2.45) is 5.92 Å². The third-order valence-electron chi connectivity index (χ3n) is 2.70. The van der Waals surface area contributed by atoms with Crippen LogP contribution in [0.1, 0.15) is 32.1 Å². The summed E-state index contributed by atoms with van der Waals surface area (Å²) in [5, 5.41) is 6.49. The molecule has 1 fully saturated rings. The minimum Gasteiger partial charge on any atom is -0.361 e. The SMILES string of the molecule is c1csc(NCC2CCCCC2)n1. The summed E-state index contributed by atoms with van der Waals surface area (Å²) in [4.78, 5) is 4.21. The fraction of sp³-hybridized carbons (Fsp3) is 0.700. The van der Waals surface area contributed by atoms with E-state index in [0.29, 0.717) is 0 Å². The van der Waals surface area contributed by atoms with E-state index in [-0.39, 0.29) is 0 Å². The summed E-state index contributed by atoms with van der Waals surface area (Å²) in [7, 11) is 0. The third-order valence-corrected chi connectivity index (χ3v) is 3.43. The smallest absolute Gasteiger partial charge is 0.182 e. The number of rotatable bonds is 3. The quantitative estimate of drug-likeness (QED) is 0.803. The molecule has 0 unspecified atom stereocenters. The lowest BCUT2D eigenvalue weighted by Crippen LogP contribution is -2.16. The van der Waals surface area contributed by atoms with Crippen LogP contribution in [0.15, 0.2) is 11.6 Å². The summed E-state index contributed by atoms with van der Waals surface area (Å²) in [6.07, 6.45) is 8.94. The van der Waals surface area contributed by atoms with Gasteiger partial charge in [0.1, 0.15) is 0 Å². The molecular weight excluding hydrogens is 180 g/mol. The van der Waals surface area contributed by atoms with Gasteiger partial charge in [-0.25, -0.2) is 4.98 Å². The largest absolute Gasteiger partial charge is 0.361 e. The Morgan fingerprint density at radius 3 is 2.92 bits per heavy atom. The summed E-state index contributed by atoms with van der Waals surface area (Å²) in [6.45, 7) is 1.12. The van der Waals surface area contributed by atoms with Crippen LogP contribution in [0.4, 0.5) is 5.13 Å².